The molecule has 470 valence electrons. The number of aryl methyl sites for hydroxylation is 2. The lowest BCUT2D eigenvalue weighted by molar-refractivity contribution is -0.385. The number of aromatic amines is 1. The van der Waals surface area contributed by atoms with E-state index in [9.17, 15) is 59.1 Å². The number of benzene rings is 3. The average Bonchev–Trinajstić information content (AvgIpc) is 0.914. The van der Waals surface area contributed by atoms with Crippen molar-refractivity contribution in [2.75, 3.05) is 99.8 Å². The van der Waals surface area contributed by atoms with E-state index in [1.165, 1.54) is 28.9 Å². The molecule has 13 rings (SSSR count). The third-order valence-electron chi connectivity index (χ3n) is 17.8. The van der Waals surface area contributed by atoms with Gasteiger partial charge in [-0.3, -0.25) is 59.1 Å². The van der Waals surface area contributed by atoms with Crippen molar-refractivity contribution in [3.8, 4) is 0 Å². The number of rotatable bonds is 11. The summed E-state index contributed by atoms with van der Waals surface area (Å²) < 4.78 is 14.9. The monoisotopic (exact) mass is 1230 g/mol. The summed E-state index contributed by atoms with van der Waals surface area (Å²) in [4.78, 5) is 124. The van der Waals surface area contributed by atoms with Crippen LogP contribution in [0.25, 0.3) is 32.7 Å². The lowest BCUT2D eigenvalue weighted by Crippen LogP contribution is -2.51. The molecule has 27 heteroatoms. The summed E-state index contributed by atoms with van der Waals surface area (Å²) in [5, 5.41) is 37.6. The normalized spacial score (nSPS) is 17.2. The fourth-order valence-electron chi connectivity index (χ4n) is 13.1. The van der Waals surface area contributed by atoms with Gasteiger partial charge in [0.15, 0.2) is 5.76 Å². The molecular formula is C63H69N13O14. The number of carbonyl (C=O) groups is 3. The number of amides is 3. The molecule has 0 radical (unpaired) electrons. The van der Waals surface area contributed by atoms with Crippen LogP contribution in [0, 0.1) is 36.3 Å². The van der Waals surface area contributed by atoms with Crippen molar-refractivity contribution in [1.82, 2.24) is 33.4 Å². The number of piperazine rings is 3. The van der Waals surface area contributed by atoms with Crippen LogP contribution in [0.3, 0.4) is 0 Å². The fourth-order valence-corrected chi connectivity index (χ4v) is 13.1. The highest BCUT2D eigenvalue weighted by Crippen LogP contribution is 2.38. The standard InChI is InChI=1S/C25H28N4O5.C19H19N5O4.C19H22N4O5/c30-24(21-11-6-16-34-21)27-14-12-26(13-15-27)22-19-9-4-5-10-20(19)28(25(31)23(22)29(32)33)17-18-7-2-1-3-8-18;1-21-15-7-3-2-5-13(15)16(17(19(21)26)24(27)28)22-9-11-23(12-10-22)18(25)14-6-4-8-20-14;1-20-14-6-3-2-5-13(14)16(17(19(20)25)23(26)27)21-8-10-22(11-9-21)18(24)15-7-4-12-28-15/h4-6,9-11,16,18H,1-3,7-8,12-15,17H2;2-8,20H,9-12H2,1H3;2-3,5-6,15H,4,7-12H2,1H3. The minimum absolute atomic E-state index is 0.0134. The molecule has 90 heavy (non-hydrogen) atoms. The van der Waals surface area contributed by atoms with Crippen molar-refractivity contribution in [1.29, 1.82) is 0 Å². The Labute approximate surface area is 514 Å². The maximum absolute atomic E-state index is 13.5. The Morgan fingerprint density at radius 3 is 1.41 bits per heavy atom. The molecule has 1 aliphatic carbocycles. The lowest BCUT2D eigenvalue weighted by Gasteiger charge is -2.37. The summed E-state index contributed by atoms with van der Waals surface area (Å²) in [7, 11) is 3.08. The number of para-hydroxylation sites is 3. The van der Waals surface area contributed by atoms with E-state index in [0.717, 1.165) is 44.0 Å². The average molecular weight is 1230 g/mol. The number of carbonyl (C=O) groups excluding carboxylic acids is 3. The van der Waals surface area contributed by atoms with Gasteiger partial charge in [0.2, 0.25) is 0 Å². The summed E-state index contributed by atoms with van der Waals surface area (Å²) in [6.45, 7) is 6.06. The third-order valence-corrected chi connectivity index (χ3v) is 17.8. The summed E-state index contributed by atoms with van der Waals surface area (Å²) in [6.07, 6.45) is 9.98. The molecule has 3 aromatic carbocycles. The maximum atomic E-state index is 13.5. The molecule has 1 unspecified atom stereocenters. The molecule has 8 aromatic rings. The van der Waals surface area contributed by atoms with Crippen LogP contribution in [0.5, 0.6) is 0 Å². The molecule has 4 aliphatic heterocycles. The van der Waals surface area contributed by atoms with Gasteiger partial charge < -0.3 is 57.2 Å². The van der Waals surface area contributed by atoms with E-state index in [-0.39, 0.29) is 35.3 Å². The van der Waals surface area contributed by atoms with Crippen molar-refractivity contribution in [2.24, 2.45) is 20.0 Å². The number of fused-ring (bicyclic) bond motifs is 3. The number of nitrogens with one attached hydrogen (secondary N) is 1. The van der Waals surface area contributed by atoms with Crippen LogP contribution in [-0.2, 0) is 30.2 Å². The smallest absolute Gasteiger partial charge is 0.357 e. The molecule has 4 saturated heterocycles. The van der Waals surface area contributed by atoms with Gasteiger partial charge in [0.25, 0.3) is 17.7 Å². The van der Waals surface area contributed by atoms with E-state index in [4.69, 9.17) is 9.15 Å². The Kier molecular flexibility index (Phi) is 18.2. The Bertz CT molecular complexity index is 4200. The number of pyridine rings is 3. The summed E-state index contributed by atoms with van der Waals surface area (Å²) in [6, 6.07) is 28.6. The highest BCUT2D eigenvalue weighted by molar-refractivity contribution is 5.99. The minimum Gasteiger partial charge on any atom is -0.459 e. The zero-order valence-corrected chi connectivity index (χ0v) is 50.0. The summed E-state index contributed by atoms with van der Waals surface area (Å²) in [5.41, 5.74) is 0.527. The second-order valence-corrected chi connectivity index (χ2v) is 23.0. The van der Waals surface area contributed by atoms with Crippen LogP contribution in [0.2, 0.25) is 0 Å². The van der Waals surface area contributed by atoms with E-state index in [1.54, 1.807) is 105 Å². The van der Waals surface area contributed by atoms with Crippen molar-refractivity contribution < 1.29 is 38.3 Å². The van der Waals surface area contributed by atoms with Crippen LogP contribution >= 0.6 is 0 Å². The SMILES string of the molecule is Cn1c(=O)c([N+](=O)[O-])c(N2CCN(C(=O)C3CCCO3)CC2)c2ccccc21.Cn1c(=O)c([N+](=O)[O-])c(N2CCN(C(=O)c3ccc[nH]3)CC2)c2ccccc21.O=C(c1ccco1)N1CCN(c2c([N+](=O)[O-])c(=O)n(CC3CCCCC3)c3ccccc23)CC1. The second kappa shape index (κ2) is 26.7. The van der Waals surface area contributed by atoms with Crippen LogP contribution in [0.1, 0.15) is 66.0 Å². The van der Waals surface area contributed by atoms with Crippen LogP contribution in [-0.4, -0.2) is 157 Å². The zero-order chi connectivity index (χ0) is 63.3. The van der Waals surface area contributed by atoms with E-state index in [2.05, 4.69) is 4.98 Å². The first-order valence-electron chi connectivity index (χ1n) is 30.2. The number of ether oxygens (including phenoxy) is 1. The van der Waals surface area contributed by atoms with Gasteiger partial charge in [-0.2, -0.15) is 0 Å². The van der Waals surface area contributed by atoms with Gasteiger partial charge in [0.1, 0.15) is 28.9 Å². The van der Waals surface area contributed by atoms with E-state index >= 15 is 0 Å². The number of furan rings is 1. The molecule has 27 nitrogen and oxygen atoms in total. The van der Waals surface area contributed by atoms with Gasteiger partial charge in [0, 0.05) is 128 Å². The third kappa shape index (κ3) is 12.2. The Morgan fingerprint density at radius 2 is 0.967 bits per heavy atom. The largest absolute Gasteiger partial charge is 0.459 e. The van der Waals surface area contributed by atoms with Crippen LogP contribution in [0.4, 0.5) is 34.1 Å². The molecule has 5 aliphatic rings. The van der Waals surface area contributed by atoms with Crippen molar-refractivity contribution in [3.63, 3.8) is 0 Å². The first-order valence-corrected chi connectivity index (χ1v) is 30.2. The number of hydrogen-bond donors (Lipinski definition) is 1. The first-order chi connectivity index (χ1) is 43.5. The molecule has 3 amide bonds. The predicted molar refractivity (Wildman–Crippen MR) is 337 cm³/mol. The highest BCUT2D eigenvalue weighted by Gasteiger charge is 2.37. The lowest BCUT2D eigenvalue weighted by atomic mass is 9.89. The van der Waals surface area contributed by atoms with Crippen LogP contribution in [0.15, 0.2) is 128 Å². The summed E-state index contributed by atoms with van der Waals surface area (Å²) >= 11 is 0. The molecule has 0 spiro atoms. The first kappa shape index (κ1) is 61.5. The topological polar surface area (TPSA) is 304 Å². The van der Waals surface area contributed by atoms with E-state index in [1.807, 2.05) is 39.0 Å². The number of aromatic nitrogens is 4. The van der Waals surface area contributed by atoms with Gasteiger partial charge in [0.05, 0.1) is 37.6 Å². The molecule has 5 aromatic heterocycles. The molecule has 0 bridgehead atoms. The minimum atomic E-state index is -0.636. The molecule has 1 saturated carbocycles. The number of nitrogens with zero attached hydrogens (tertiary/aromatic N) is 12. The fraction of sp³-hybridized carbons (Fsp3) is 0.397. The Morgan fingerprint density at radius 1 is 0.511 bits per heavy atom. The van der Waals surface area contributed by atoms with E-state index < -0.39 is 42.8 Å². The van der Waals surface area contributed by atoms with Crippen molar-refractivity contribution in [2.45, 2.75) is 57.6 Å². The van der Waals surface area contributed by atoms with Gasteiger partial charge >= 0.3 is 33.7 Å². The van der Waals surface area contributed by atoms with E-state index in [0.29, 0.717) is 148 Å². The van der Waals surface area contributed by atoms with Gasteiger partial charge in [-0.05, 0) is 74.1 Å². The highest BCUT2D eigenvalue weighted by atomic mass is 16.6. The summed E-state index contributed by atoms with van der Waals surface area (Å²) in [5.74, 6) is 0.312. The molecular weight excluding hydrogens is 1160 g/mol. The van der Waals surface area contributed by atoms with Crippen molar-refractivity contribution >= 4 is 84.6 Å². The van der Waals surface area contributed by atoms with Gasteiger partial charge in [-0.25, -0.2) is 0 Å². The molecule has 1 atom stereocenters. The van der Waals surface area contributed by atoms with Crippen LogP contribution < -0.4 is 31.4 Å². The second-order valence-electron chi connectivity index (χ2n) is 23.0. The quantitative estimate of drug-likeness (QED) is 0.100. The maximum Gasteiger partial charge on any atom is 0.357 e. The number of anilines is 3. The molecule has 9 heterocycles. The Balaban J connectivity index is 0.000000140. The molecule has 5 fully saturated rings. The zero-order valence-electron chi connectivity index (χ0n) is 50.0. The Hall–Kier alpha value is -10.2. The molecule has 1 N–H and O–H groups in total. The predicted octanol–water partition coefficient (Wildman–Crippen LogP) is 7.06. The van der Waals surface area contributed by atoms with Gasteiger partial charge in [-0.15, -0.1) is 0 Å². The number of nitro groups is 3. The van der Waals surface area contributed by atoms with Gasteiger partial charge in [-0.1, -0.05) is 73.9 Å². The number of hydrogen-bond acceptors (Lipinski definition) is 17. The number of H-pyrrole nitrogens is 1. The van der Waals surface area contributed by atoms with Crippen molar-refractivity contribution in [3.05, 3.63) is 182 Å².